The molecular weight excluding hydrogens is 456 g/mol. The first kappa shape index (κ1) is 19.3. The number of carbonyl (C=O) groups excluding carboxylic acids is 1. The molecule has 0 saturated carbocycles. The van der Waals surface area contributed by atoms with Crippen LogP contribution in [0, 0.1) is 0 Å². The average Bonchev–Trinajstić information content (AvgIpc) is 2.60. The van der Waals surface area contributed by atoms with Crippen LogP contribution in [0.3, 0.4) is 0 Å². The molecule has 0 aliphatic carbocycles. The highest BCUT2D eigenvalue weighted by Gasteiger charge is 2.09. The van der Waals surface area contributed by atoms with Crippen molar-refractivity contribution in [2.75, 3.05) is 20.8 Å². The van der Waals surface area contributed by atoms with E-state index in [1.54, 1.807) is 38.5 Å². The summed E-state index contributed by atoms with van der Waals surface area (Å²) in [6.45, 7) is -0.130. The summed E-state index contributed by atoms with van der Waals surface area (Å²) in [5, 5.41) is 3.91. The van der Waals surface area contributed by atoms with Crippen molar-refractivity contribution in [3.63, 3.8) is 0 Å². The molecule has 0 spiro atoms. The molecule has 1 amide bonds. The monoisotopic (exact) mass is 470 g/mol. The van der Waals surface area contributed by atoms with Crippen LogP contribution in [0.15, 0.2) is 50.4 Å². The summed E-state index contributed by atoms with van der Waals surface area (Å²) in [7, 11) is 3.11. The molecule has 0 heterocycles. The van der Waals surface area contributed by atoms with Crippen LogP contribution in [0.5, 0.6) is 17.2 Å². The number of nitrogens with zero attached hydrogens (tertiary/aromatic N) is 1. The second-order valence-electron chi connectivity index (χ2n) is 4.77. The Balaban J connectivity index is 1.90. The standard InChI is InChI=1S/C17H16Br2N2O4/c1-23-15-8-11(7-14(19)17(15)24-2)9-20-21-16(22)10-25-13-5-3-12(18)4-6-13/h3-9H,10H2,1-2H3,(H,21,22)/b20-9+. The first-order valence-corrected chi connectivity index (χ1v) is 8.74. The van der Waals surface area contributed by atoms with Gasteiger partial charge < -0.3 is 14.2 Å². The van der Waals surface area contributed by atoms with Gasteiger partial charge in [-0.05, 0) is 57.9 Å². The zero-order valence-corrected chi connectivity index (χ0v) is 16.8. The lowest BCUT2D eigenvalue weighted by Gasteiger charge is -2.10. The summed E-state index contributed by atoms with van der Waals surface area (Å²) in [5.74, 6) is 1.39. The predicted molar refractivity (Wildman–Crippen MR) is 103 cm³/mol. The molecule has 0 unspecified atom stereocenters. The van der Waals surface area contributed by atoms with Crippen molar-refractivity contribution >= 4 is 44.0 Å². The lowest BCUT2D eigenvalue weighted by Crippen LogP contribution is -2.24. The first-order valence-electron chi connectivity index (χ1n) is 7.15. The Kier molecular flexibility index (Phi) is 7.27. The lowest BCUT2D eigenvalue weighted by molar-refractivity contribution is -0.123. The normalized spacial score (nSPS) is 10.6. The Morgan fingerprint density at radius 3 is 2.52 bits per heavy atom. The lowest BCUT2D eigenvalue weighted by atomic mass is 10.2. The number of carbonyl (C=O) groups is 1. The van der Waals surface area contributed by atoms with Crippen molar-refractivity contribution in [3.05, 3.63) is 50.9 Å². The molecule has 1 N–H and O–H groups in total. The van der Waals surface area contributed by atoms with E-state index in [-0.39, 0.29) is 12.5 Å². The van der Waals surface area contributed by atoms with Crippen LogP contribution in [0.2, 0.25) is 0 Å². The molecule has 2 rings (SSSR count). The van der Waals surface area contributed by atoms with Crippen molar-refractivity contribution in [2.45, 2.75) is 0 Å². The topological polar surface area (TPSA) is 69.2 Å². The quantitative estimate of drug-likeness (QED) is 0.493. The number of hydrogen-bond donors (Lipinski definition) is 1. The molecule has 25 heavy (non-hydrogen) atoms. The second-order valence-corrected chi connectivity index (χ2v) is 6.54. The fraction of sp³-hybridized carbons (Fsp3) is 0.176. The largest absolute Gasteiger partial charge is 0.493 e. The van der Waals surface area contributed by atoms with Gasteiger partial charge in [0.15, 0.2) is 18.1 Å². The third-order valence-electron chi connectivity index (χ3n) is 3.04. The number of hydrazone groups is 1. The summed E-state index contributed by atoms with van der Waals surface area (Å²) < 4.78 is 17.5. The van der Waals surface area contributed by atoms with E-state index < -0.39 is 0 Å². The van der Waals surface area contributed by atoms with Crippen LogP contribution in [0.4, 0.5) is 0 Å². The molecule has 0 bridgehead atoms. The van der Waals surface area contributed by atoms with Gasteiger partial charge in [0.05, 0.1) is 24.9 Å². The number of methoxy groups -OCH3 is 2. The van der Waals surface area contributed by atoms with E-state index >= 15 is 0 Å². The minimum atomic E-state index is -0.362. The van der Waals surface area contributed by atoms with Gasteiger partial charge in [-0.15, -0.1) is 0 Å². The molecule has 6 nitrogen and oxygen atoms in total. The van der Waals surface area contributed by atoms with Crippen LogP contribution >= 0.6 is 31.9 Å². The van der Waals surface area contributed by atoms with Crippen LogP contribution in [0.1, 0.15) is 5.56 Å². The van der Waals surface area contributed by atoms with Gasteiger partial charge in [0.2, 0.25) is 0 Å². The van der Waals surface area contributed by atoms with Gasteiger partial charge in [-0.25, -0.2) is 5.43 Å². The Hall–Kier alpha value is -2.06. The van der Waals surface area contributed by atoms with E-state index in [4.69, 9.17) is 14.2 Å². The van der Waals surface area contributed by atoms with E-state index in [2.05, 4.69) is 42.4 Å². The fourth-order valence-electron chi connectivity index (χ4n) is 1.90. The SMILES string of the molecule is COc1cc(/C=N/NC(=O)COc2ccc(Br)cc2)cc(Br)c1OC. The zero-order valence-electron chi connectivity index (χ0n) is 13.6. The molecule has 0 saturated heterocycles. The van der Waals surface area contributed by atoms with Crippen molar-refractivity contribution in [1.29, 1.82) is 0 Å². The van der Waals surface area contributed by atoms with Crippen LogP contribution in [-0.4, -0.2) is 32.9 Å². The summed E-state index contributed by atoms with van der Waals surface area (Å²) in [5.41, 5.74) is 3.14. The fourth-order valence-corrected chi connectivity index (χ4v) is 2.79. The Morgan fingerprint density at radius 1 is 1.16 bits per heavy atom. The molecule has 8 heteroatoms. The zero-order chi connectivity index (χ0) is 18.2. The Bertz CT molecular complexity index is 764. The number of halogens is 2. The van der Waals surface area contributed by atoms with E-state index in [0.717, 1.165) is 14.5 Å². The van der Waals surface area contributed by atoms with Crippen molar-refractivity contribution in [1.82, 2.24) is 5.43 Å². The molecule has 132 valence electrons. The van der Waals surface area contributed by atoms with Crippen molar-refractivity contribution < 1.29 is 19.0 Å². The maximum absolute atomic E-state index is 11.8. The summed E-state index contributed by atoms with van der Waals surface area (Å²) in [6, 6.07) is 10.7. The maximum Gasteiger partial charge on any atom is 0.277 e. The predicted octanol–water partition coefficient (Wildman–Crippen LogP) is 3.76. The number of benzene rings is 2. The maximum atomic E-state index is 11.8. The Morgan fingerprint density at radius 2 is 1.88 bits per heavy atom. The van der Waals surface area contributed by atoms with Crippen LogP contribution < -0.4 is 19.6 Å². The molecule has 0 radical (unpaired) electrons. The summed E-state index contributed by atoms with van der Waals surface area (Å²) >= 11 is 6.73. The minimum Gasteiger partial charge on any atom is -0.493 e. The minimum absolute atomic E-state index is 0.130. The molecule has 0 aliphatic heterocycles. The first-order chi connectivity index (χ1) is 12.0. The van der Waals surface area contributed by atoms with Gasteiger partial charge in [0.25, 0.3) is 5.91 Å². The highest BCUT2D eigenvalue weighted by molar-refractivity contribution is 9.10. The smallest absolute Gasteiger partial charge is 0.277 e. The van der Waals surface area contributed by atoms with E-state index in [1.807, 2.05) is 12.1 Å². The molecule has 2 aromatic carbocycles. The van der Waals surface area contributed by atoms with Crippen LogP contribution in [0.25, 0.3) is 0 Å². The van der Waals surface area contributed by atoms with Gasteiger partial charge in [-0.2, -0.15) is 5.10 Å². The number of hydrogen-bond acceptors (Lipinski definition) is 5. The number of amides is 1. The van der Waals surface area contributed by atoms with Crippen molar-refractivity contribution in [2.24, 2.45) is 5.10 Å². The van der Waals surface area contributed by atoms with E-state index in [0.29, 0.717) is 17.2 Å². The summed E-state index contributed by atoms with van der Waals surface area (Å²) in [4.78, 5) is 11.8. The number of rotatable bonds is 7. The second kappa shape index (κ2) is 9.43. The van der Waals surface area contributed by atoms with E-state index in [9.17, 15) is 4.79 Å². The third kappa shape index (κ3) is 5.75. The van der Waals surface area contributed by atoms with Gasteiger partial charge in [0.1, 0.15) is 5.75 Å². The Labute approximate surface area is 162 Å². The third-order valence-corrected chi connectivity index (χ3v) is 4.16. The van der Waals surface area contributed by atoms with Crippen molar-refractivity contribution in [3.8, 4) is 17.2 Å². The van der Waals surface area contributed by atoms with Gasteiger partial charge in [-0.3, -0.25) is 4.79 Å². The molecule has 0 atom stereocenters. The average molecular weight is 472 g/mol. The molecule has 0 aromatic heterocycles. The molecule has 0 fully saturated rings. The molecule has 2 aromatic rings. The molecular formula is C17H16Br2N2O4. The van der Waals surface area contributed by atoms with E-state index in [1.165, 1.54) is 6.21 Å². The highest BCUT2D eigenvalue weighted by Crippen LogP contribution is 2.35. The molecule has 0 aliphatic rings. The van der Waals surface area contributed by atoms with Gasteiger partial charge >= 0.3 is 0 Å². The number of nitrogens with one attached hydrogen (secondary N) is 1. The highest BCUT2D eigenvalue weighted by atomic mass is 79.9. The van der Waals surface area contributed by atoms with Gasteiger partial charge in [-0.1, -0.05) is 15.9 Å². The number of ether oxygens (including phenoxy) is 3. The summed E-state index contributed by atoms with van der Waals surface area (Å²) in [6.07, 6.45) is 1.50. The van der Waals surface area contributed by atoms with Crippen LogP contribution in [-0.2, 0) is 4.79 Å². The van der Waals surface area contributed by atoms with Gasteiger partial charge in [0, 0.05) is 4.47 Å².